The highest BCUT2D eigenvalue weighted by molar-refractivity contribution is 5.96. The van der Waals surface area contributed by atoms with Crippen molar-refractivity contribution in [1.29, 1.82) is 0 Å². The molecule has 162 valence electrons. The minimum Gasteiger partial charge on any atom is -0.494 e. The largest absolute Gasteiger partial charge is 0.494 e. The molecular weight excluding hydrogens is 368 g/mol. The van der Waals surface area contributed by atoms with Gasteiger partial charge in [0.15, 0.2) is 0 Å². The summed E-state index contributed by atoms with van der Waals surface area (Å²) < 4.78 is 5.44. The Bertz CT molecular complexity index is 629. The van der Waals surface area contributed by atoms with E-state index in [4.69, 9.17) is 4.74 Å². The van der Waals surface area contributed by atoms with Crippen LogP contribution in [0.3, 0.4) is 0 Å². The molecule has 0 aliphatic carbocycles. The first-order valence-corrected chi connectivity index (χ1v) is 10.9. The zero-order valence-electron chi connectivity index (χ0n) is 18.1. The minimum absolute atomic E-state index is 0.0224. The van der Waals surface area contributed by atoms with E-state index in [-0.39, 0.29) is 18.0 Å². The van der Waals surface area contributed by atoms with Crippen LogP contribution >= 0.6 is 0 Å². The summed E-state index contributed by atoms with van der Waals surface area (Å²) in [5, 5.41) is 5.85. The highest BCUT2D eigenvalue weighted by Gasteiger charge is 2.31. The van der Waals surface area contributed by atoms with Gasteiger partial charge >= 0.3 is 6.03 Å². The number of hydrogen-bond donors (Lipinski definition) is 2. The van der Waals surface area contributed by atoms with Gasteiger partial charge in [0.2, 0.25) is 5.91 Å². The Morgan fingerprint density at radius 1 is 1.14 bits per heavy atom. The second kappa shape index (κ2) is 12.3. The number of ether oxygens (including phenoxy) is 1. The van der Waals surface area contributed by atoms with Crippen molar-refractivity contribution >= 4 is 17.6 Å². The monoisotopic (exact) mass is 404 g/mol. The standard InChI is InChI=1S/C22H36N4O3/c1-4-13-25(14-5-2)15-7-12-23-22(28)24-18-16-21(27)26(17-18)19-8-10-20(11-9-19)29-6-3/h8-11,18H,4-7,12-17H2,1-3H3,(H2,23,24,28). The molecule has 0 saturated carbocycles. The third-order valence-corrected chi connectivity index (χ3v) is 4.94. The van der Waals surface area contributed by atoms with E-state index in [0.717, 1.165) is 50.3 Å². The van der Waals surface area contributed by atoms with E-state index in [2.05, 4.69) is 29.4 Å². The second-order valence-corrected chi connectivity index (χ2v) is 7.43. The molecule has 1 atom stereocenters. The number of carbonyl (C=O) groups is 2. The van der Waals surface area contributed by atoms with Gasteiger partial charge in [-0.05, 0) is 70.1 Å². The molecule has 29 heavy (non-hydrogen) atoms. The van der Waals surface area contributed by atoms with E-state index < -0.39 is 0 Å². The highest BCUT2D eigenvalue weighted by atomic mass is 16.5. The predicted molar refractivity (Wildman–Crippen MR) is 117 cm³/mol. The Balaban J connectivity index is 1.72. The fraction of sp³-hybridized carbons (Fsp3) is 0.636. The fourth-order valence-corrected chi connectivity index (χ4v) is 3.65. The van der Waals surface area contributed by atoms with Gasteiger partial charge in [-0.15, -0.1) is 0 Å². The Hall–Kier alpha value is -2.28. The van der Waals surface area contributed by atoms with Crippen LogP contribution in [-0.4, -0.2) is 62.2 Å². The van der Waals surface area contributed by atoms with Crippen LogP contribution in [0.5, 0.6) is 5.75 Å². The summed E-state index contributed by atoms with van der Waals surface area (Å²) in [5.74, 6) is 0.808. The number of benzene rings is 1. The Labute approximate surface area is 174 Å². The number of nitrogens with one attached hydrogen (secondary N) is 2. The number of urea groups is 1. The van der Waals surface area contributed by atoms with Crippen molar-refractivity contribution in [2.24, 2.45) is 0 Å². The second-order valence-electron chi connectivity index (χ2n) is 7.43. The maximum atomic E-state index is 12.4. The van der Waals surface area contributed by atoms with Crippen LogP contribution in [0.1, 0.15) is 46.5 Å². The van der Waals surface area contributed by atoms with Crippen molar-refractivity contribution in [2.75, 3.05) is 44.2 Å². The van der Waals surface area contributed by atoms with E-state index in [9.17, 15) is 9.59 Å². The molecule has 2 rings (SSSR count). The maximum absolute atomic E-state index is 12.4. The highest BCUT2D eigenvalue weighted by Crippen LogP contribution is 2.24. The molecule has 0 aromatic heterocycles. The normalized spacial score (nSPS) is 16.3. The van der Waals surface area contributed by atoms with Crippen LogP contribution in [0.2, 0.25) is 0 Å². The van der Waals surface area contributed by atoms with Crippen molar-refractivity contribution in [2.45, 2.75) is 52.5 Å². The van der Waals surface area contributed by atoms with Gasteiger partial charge in [-0.3, -0.25) is 4.79 Å². The molecule has 1 fully saturated rings. The Kier molecular flexibility index (Phi) is 9.77. The predicted octanol–water partition coefficient (Wildman–Crippen LogP) is 3.00. The molecule has 2 N–H and O–H groups in total. The summed E-state index contributed by atoms with van der Waals surface area (Å²) in [6.07, 6.45) is 3.54. The molecule has 1 heterocycles. The van der Waals surface area contributed by atoms with E-state index in [0.29, 0.717) is 26.1 Å². The molecule has 1 unspecified atom stereocenters. The summed E-state index contributed by atoms with van der Waals surface area (Å²) in [5.41, 5.74) is 0.829. The molecule has 1 aromatic rings. The van der Waals surface area contributed by atoms with Crippen LogP contribution in [0.25, 0.3) is 0 Å². The van der Waals surface area contributed by atoms with E-state index in [1.54, 1.807) is 4.90 Å². The van der Waals surface area contributed by atoms with Gasteiger partial charge in [0, 0.05) is 25.2 Å². The molecule has 1 aromatic carbocycles. The average molecular weight is 405 g/mol. The zero-order valence-corrected chi connectivity index (χ0v) is 18.1. The average Bonchev–Trinajstić information content (AvgIpc) is 3.06. The zero-order chi connectivity index (χ0) is 21.1. The summed E-state index contributed by atoms with van der Waals surface area (Å²) >= 11 is 0. The van der Waals surface area contributed by atoms with E-state index >= 15 is 0 Å². The van der Waals surface area contributed by atoms with Crippen molar-refractivity contribution in [1.82, 2.24) is 15.5 Å². The van der Waals surface area contributed by atoms with E-state index in [1.165, 1.54) is 0 Å². The number of hydrogen-bond acceptors (Lipinski definition) is 4. The number of anilines is 1. The Morgan fingerprint density at radius 3 is 2.45 bits per heavy atom. The molecule has 3 amide bonds. The molecule has 1 aliphatic heterocycles. The molecule has 7 nitrogen and oxygen atoms in total. The van der Waals surface area contributed by atoms with Gasteiger partial charge in [-0.25, -0.2) is 4.79 Å². The van der Waals surface area contributed by atoms with Gasteiger partial charge in [-0.1, -0.05) is 13.8 Å². The lowest BCUT2D eigenvalue weighted by molar-refractivity contribution is -0.117. The van der Waals surface area contributed by atoms with Gasteiger partial charge in [0.1, 0.15) is 5.75 Å². The van der Waals surface area contributed by atoms with Gasteiger partial charge in [-0.2, -0.15) is 0 Å². The number of rotatable bonds is 12. The van der Waals surface area contributed by atoms with Crippen LogP contribution in [0.15, 0.2) is 24.3 Å². The number of carbonyl (C=O) groups excluding carboxylic acids is 2. The molecule has 1 saturated heterocycles. The van der Waals surface area contributed by atoms with Gasteiger partial charge in [0.05, 0.1) is 12.6 Å². The van der Waals surface area contributed by atoms with E-state index in [1.807, 2.05) is 31.2 Å². The van der Waals surface area contributed by atoms with Crippen molar-refractivity contribution in [3.63, 3.8) is 0 Å². The van der Waals surface area contributed by atoms with Crippen LogP contribution < -0.4 is 20.3 Å². The van der Waals surface area contributed by atoms with Crippen LogP contribution in [-0.2, 0) is 4.79 Å². The number of amides is 3. The molecular formula is C22H36N4O3. The molecule has 7 heteroatoms. The van der Waals surface area contributed by atoms with Crippen molar-refractivity contribution < 1.29 is 14.3 Å². The third-order valence-electron chi connectivity index (χ3n) is 4.94. The topological polar surface area (TPSA) is 73.9 Å². The number of nitrogens with zero attached hydrogens (tertiary/aromatic N) is 2. The first-order chi connectivity index (χ1) is 14.1. The summed E-state index contributed by atoms with van der Waals surface area (Å²) in [6.45, 7) is 11.2. The lowest BCUT2D eigenvalue weighted by Crippen LogP contribution is -2.44. The van der Waals surface area contributed by atoms with Crippen molar-refractivity contribution in [3.8, 4) is 5.75 Å². The summed E-state index contributed by atoms with van der Waals surface area (Å²) in [6, 6.07) is 7.10. The maximum Gasteiger partial charge on any atom is 0.315 e. The molecule has 0 radical (unpaired) electrons. The first kappa shape index (κ1) is 23.0. The third kappa shape index (κ3) is 7.57. The molecule has 0 bridgehead atoms. The summed E-state index contributed by atoms with van der Waals surface area (Å²) in [7, 11) is 0. The van der Waals surface area contributed by atoms with Crippen molar-refractivity contribution in [3.05, 3.63) is 24.3 Å². The van der Waals surface area contributed by atoms with Gasteiger partial charge in [0.25, 0.3) is 0 Å². The fourth-order valence-electron chi connectivity index (χ4n) is 3.65. The minimum atomic E-state index is -0.200. The quantitative estimate of drug-likeness (QED) is 0.525. The smallest absolute Gasteiger partial charge is 0.315 e. The van der Waals surface area contributed by atoms with Crippen LogP contribution in [0, 0.1) is 0 Å². The Morgan fingerprint density at radius 2 is 1.83 bits per heavy atom. The lowest BCUT2D eigenvalue weighted by atomic mass is 10.2. The SMILES string of the molecule is CCCN(CCC)CCCNC(=O)NC1CC(=O)N(c2ccc(OCC)cc2)C1. The van der Waals surface area contributed by atoms with Crippen LogP contribution in [0.4, 0.5) is 10.5 Å². The first-order valence-electron chi connectivity index (χ1n) is 10.9. The summed E-state index contributed by atoms with van der Waals surface area (Å²) in [4.78, 5) is 28.7. The molecule has 0 spiro atoms. The lowest BCUT2D eigenvalue weighted by Gasteiger charge is -2.21. The van der Waals surface area contributed by atoms with Gasteiger partial charge < -0.3 is 25.2 Å². The molecule has 1 aliphatic rings.